The van der Waals surface area contributed by atoms with Gasteiger partial charge in [0.15, 0.2) is 0 Å². The van der Waals surface area contributed by atoms with Gasteiger partial charge in [-0.3, -0.25) is 4.79 Å². The van der Waals surface area contributed by atoms with Crippen LogP contribution in [0.25, 0.3) is 0 Å². The SMILES string of the molecule is CCCCCCCCCCCCCCCCCC(=O)O.CNO. The quantitative estimate of drug-likeness (QED) is 0.242. The molecular weight excluding hydrogens is 290 g/mol. The van der Waals surface area contributed by atoms with E-state index in [0.717, 1.165) is 12.8 Å². The van der Waals surface area contributed by atoms with Gasteiger partial charge in [0, 0.05) is 13.5 Å². The van der Waals surface area contributed by atoms with E-state index in [2.05, 4.69) is 6.92 Å². The van der Waals surface area contributed by atoms with Crippen molar-refractivity contribution in [2.75, 3.05) is 7.05 Å². The molecule has 0 saturated carbocycles. The molecule has 0 aliphatic carbocycles. The van der Waals surface area contributed by atoms with E-state index in [1.807, 2.05) is 0 Å². The zero-order valence-corrected chi connectivity index (χ0v) is 15.6. The number of hydrogen-bond acceptors (Lipinski definition) is 3. The second kappa shape index (κ2) is 23.7. The molecule has 0 unspecified atom stereocenters. The third kappa shape index (κ3) is 29.9. The number of carboxylic acids is 1. The molecule has 0 aromatic rings. The average Bonchev–Trinajstić information content (AvgIpc) is 2.51. The van der Waals surface area contributed by atoms with E-state index in [0.29, 0.717) is 6.42 Å². The molecular formula is C19H41NO3. The molecule has 4 nitrogen and oxygen atoms in total. The molecule has 0 amide bonds. The van der Waals surface area contributed by atoms with E-state index in [4.69, 9.17) is 10.3 Å². The summed E-state index contributed by atoms with van der Waals surface area (Å²) < 4.78 is 0. The van der Waals surface area contributed by atoms with Gasteiger partial charge in [-0.25, -0.2) is 5.48 Å². The third-order valence-corrected chi connectivity index (χ3v) is 3.99. The molecule has 0 aromatic heterocycles. The van der Waals surface area contributed by atoms with E-state index in [-0.39, 0.29) is 0 Å². The molecule has 0 rings (SSSR count). The minimum atomic E-state index is -0.653. The smallest absolute Gasteiger partial charge is 0.303 e. The van der Waals surface area contributed by atoms with Gasteiger partial charge in [-0.2, -0.15) is 0 Å². The van der Waals surface area contributed by atoms with Crippen LogP contribution in [0.1, 0.15) is 110 Å². The van der Waals surface area contributed by atoms with Gasteiger partial charge in [0.1, 0.15) is 0 Å². The van der Waals surface area contributed by atoms with Crippen LogP contribution in [-0.2, 0) is 4.79 Å². The number of nitrogens with one attached hydrogen (secondary N) is 1. The van der Waals surface area contributed by atoms with E-state index in [1.165, 1.54) is 90.5 Å². The molecule has 0 atom stereocenters. The third-order valence-electron chi connectivity index (χ3n) is 3.99. The summed E-state index contributed by atoms with van der Waals surface area (Å²) in [5.41, 5.74) is 1.75. The van der Waals surface area contributed by atoms with Crippen molar-refractivity contribution in [3.8, 4) is 0 Å². The minimum absolute atomic E-state index is 0.345. The first kappa shape index (κ1) is 24.6. The summed E-state index contributed by atoms with van der Waals surface area (Å²) in [5.74, 6) is -0.653. The van der Waals surface area contributed by atoms with Crippen molar-refractivity contribution in [1.82, 2.24) is 5.48 Å². The molecule has 0 fully saturated rings. The summed E-state index contributed by atoms with van der Waals surface area (Å²) in [7, 11) is 1.43. The Labute approximate surface area is 144 Å². The van der Waals surface area contributed by atoms with Gasteiger partial charge in [0.2, 0.25) is 0 Å². The molecule has 3 N–H and O–H groups in total. The highest BCUT2D eigenvalue weighted by Gasteiger charge is 1.97. The zero-order chi connectivity index (χ0) is 17.6. The maximum Gasteiger partial charge on any atom is 0.303 e. The van der Waals surface area contributed by atoms with Gasteiger partial charge < -0.3 is 10.3 Å². The predicted octanol–water partition coefficient (Wildman–Crippen LogP) is 5.93. The molecule has 0 spiro atoms. The van der Waals surface area contributed by atoms with Crippen LogP contribution in [0, 0.1) is 0 Å². The largest absolute Gasteiger partial charge is 0.481 e. The number of carbonyl (C=O) groups is 1. The Balaban J connectivity index is 0. The first-order valence-corrected chi connectivity index (χ1v) is 9.71. The number of hydrogen-bond donors (Lipinski definition) is 3. The van der Waals surface area contributed by atoms with E-state index in [9.17, 15) is 4.79 Å². The van der Waals surface area contributed by atoms with Crippen molar-refractivity contribution in [2.45, 2.75) is 110 Å². The van der Waals surface area contributed by atoms with Crippen LogP contribution >= 0.6 is 0 Å². The summed E-state index contributed by atoms with van der Waals surface area (Å²) in [4.78, 5) is 10.3. The molecule has 4 heteroatoms. The van der Waals surface area contributed by atoms with Crippen molar-refractivity contribution in [1.29, 1.82) is 0 Å². The summed E-state index contributed by atoms with van der Waals surface area (Å²) in [6, 6.07) is 0. The first-order valence-electron chi connectivity index (χ1n) is 9.71. The zero-order valence-electron chi connectivity index (χ0n) is 15.6. The maximum absolute atomic E-state index is 10.3. The Morgan fingerprint density at radius 3 is 1.22 bits per heavy atom. The Bertz CT molecular complexity index is 223. The fourth-order valence-corrected chi connectivity index (χ4v) is 2.65. The molecule has 0 heterocycles. The summed E-state index contributed by atoms with van der Waals surface area (Å²) in [6.45, 7) is 2.27. The fraction of sp³-hybridized carbons (Fsp3) is 0.947. The van der Waals surface area contributed by atoms with Gasteiger partial charge in [0.05, 0.1) is 0 Å². The summed E-state index contributed by atoms with van der Waals surface area (Å²) in [5, 5.41) is 15.8. The molecule has 140 valence electrons. The second-order valence-electron chi connectivity index (χ2n) is 6.32. The summed E-state index contributed by atoms with van der Waals surface area (Å²) in [6.07, 6.45) is 20.2. The van der Waals surface area contributed by atoms with Gasteiger partial charge in [-0.1, -0.05) is 96.8 Å². The average molecular weight is 332 g/mol. The molecule has 0 saturated heterocycles. The van der Waals surface area contributed by atoms with Gasteiger partial charge in [0.25, 0.3) is 0 Å². The van der Waals surface area contributed by atoms with Crippen molar-refractivity contribution in [3.63, 3.8) is 0 Å². The Morgan fingerprint density at radius 1 is 0.696 bits per heavy atom. The molecule has 0 radical (unpaired) electrons. The van der Waals surface area contributed by atoms with Crippen LogP contribution in [0.5, 0.6) is 0 Å². The van der Waals surface area contributed by atoms with Crippen molar-refractivity contribution >= 4 is 5.97 Å². The fourth-order valence-electron chi connectivity index (χ4n) is 2.65. The van der Waals surface area contributed by atoms with Crippen LogP contribution in [0.2, 0.25) is 0 Å². The number of aliphatic carboxylic acids is 1. The van der Waals surface area contributed by atoms with Gasteiger partial charge >= 0.3 is 5.97 Å². The van der Waals surface area contributed by atoms with Crippen molar-refractivity contribution in [3.05, 3.63) is 0 Å². The molecule has 0 bridgehead atoms. The van der Waals surface area contributed by atoms with E-state index < -0.39 is 5.97 Å². The van der Waals surface area contributed by atoms with Crippen LogP contribution in [0.4, 0.5) is 0 Å². The van der Waals surface area contributed by atoms with E-state index >= 15 is 0 Å². The van der Waals surface area contributed by atoms with Crippen LogP contribution in [0.3, 0.4) is 0 Å². The Hall–Kier alpha value is -0.610. The highest BCUT2D eigenvalue weighted by atomic mass is 16.5. The number of carboxylic acid groups (broad SMARTS) is 1. The number of rotatable bonds is 16. The normalized spacial score (nSPS) is 10.2. The van der Waals surface area contributed by atoms with Gasteiger partial charge in [-0.15, -0.1) is 0 Å². The Kier molecular flexibility index (Phi) is 25.3. The highest BCUT2D eigenvalue weighted by molar-refractivity contribution is 5.66. The summed E-state index contributed by atoms with van der Waals surface area (Å²) >= 11 is 0. The van der Waals surface area contributed by atoms with Crippen LogP contribution in [0.15, 0.2) is 0 Å². The minimum Gasteiger partial charge on any atom is -0.481 e. The molecule has 0 aromatic carbocycles. The van der Waals surface area contributed by atoms with Crippen LogP contribution in [-0.4, -0.2) is 23.3 Å². The lowest BCUT2D eigenvalue weighted by Gasteiger charge is -2.03. The maximum atomic E-state index is 10.3. The topological polar surface area (TPSA) is 69.6 Å². The Morgan fingerprint density at radius 2 is 0.957 bits per heavy atom. The predicted molar refractivity (Wildman–Crippen MR) is 98.0 cm³/mol. The lowest BCUT2D eigenvalue weighted by molar-refractivity contribution is -0.137. The first-order chi connectivity index (χ1) is 11.2. The van der Waals surface area contributed by atoms with E-state index in [1.54, 1.807) is 5.48 Å². The van der Waals surface area contributed by atoms with Crippen LogP contribution < -0.4 is 5.48 Å². The molecule has 23 heavy (non-hydrogen) atoms. The van der Waals surface area contributed by atoms with Crippen molar-refractivity contribution in [2.24, 2.45) is 0 Å². The number of unbranched alkanes of at least 4 members (excludes halogenated alkanes) is 14. The monoisotopic (exact) mass is 331 g/mol. The van der Waals surface area contributed by atoms with Gasteiger partial charge in [-0.05, 0) is 6.42 Å². The lowest BCUT2D eigenvalue weighted by atomic mass is 10.0. The number of hydroxylamine groups is 1. The standard InChI is InChI=1S/C18H36O2.CH5NO/c1-2-3-4-5-6-7-8-9-10-11-12-13-14-15-16-17-18(19)20;1-2-3/h2-17H2,1H3,(H,19,20);2-3H,1H3. The molecule has 0 aliphatic rings. The highest BCUT2D eigenvalue weighted by Crippen LogP contribution is 2.13. The lowest BCUT2D eigenvalue weighted by Crippen LogP contribution is -1.93. The van der Waals surface area contributed by atoms with Crippen molar-refractivity contribution < 1.29 is 15.1 Å². The second-order valence-corrected chi connectivity index (χ2v) is 6.32. The molecule has 0 aliphatic heterocycles.